The second-order valence-corrected chi connectivity index (χ2v) is 3.34. The van der Waals surface area contributed by atoms with Gasteiger partial charge >= 0.3 is 0 Å². The van der Waals surface area contributed by atoms with Crippen LogP contribution in [-0.2, 0) is 0 Å². The molecular weight excluding hydrogens is 203 g/mol. The molecule has 0 saturated carbocycles. The summed E-state index contributed by atoms with van der Waals surface area (Å²) >= 11 is 0. The highest BCUT2D eigenvalue weighted by molar-refractivity contribution is 5.66. The van der Waals surface area contributed by atoms with Crippen molar-refractivity contribution in [2.24, 2.45) is 0 Å². The predicted molar refractivity (Wildman–Crippen MR) is 62.9 cm³/mol. The van der Waals surface area contributed by atoms with Gasteiger partial charge in [0.15, 0.2) is 0 Å². The summed E-state index contributed by atoms with van der Waals surface area (Å²) in [6.45, 7) is 5.69. The Morgan fingerprint density at radius 2 is 1.88 bits per heavy atom. The standard InChI is InChI=1S/C13H15FN2/c1-3-16(4-2)13(9-10-15)11-5-7-12(14)8-6-11/h5-9H,3-4H2,1-2H3. The van der Waals surface area contributed by atoms with Crippen molar-refractivity contribution < 1.29 is 4.39 Å². The van der Waals surface area contributed by atoms with Crippen molar-refractivity contribution in [2.75, 3.05) is 13.1 Å². The first-order chi connectivity index (χ1) is 7.72. The first kappa shape index (κ1) is 12.3. The third kappa shape index (κ3) is 2.83. The Hall–Kier alpha value is -1.82. The zero-order valence-electron chi connectivity index (χ0n) is 9.57. The second kappa shape index (κ2) is 5.92. The molecule has 0 bridgehead atoms. The molecule has 1 aromatic rings. The summed E-state index contributed by atoms with van der Waals surface area (Å²) in [7, 11) is 0. The average molecular weight is 218 g/mol. The zero-order valence-corrected chi connectivity index (χ0v) is 9.57. The van der Waals surface area contributed by atoms with Gasteiger partial charge in [0.25, 0.3) is 0 Å². The number of allylic oxidation sites excluding steroid dienone is 1. The minimum atomic E-state index is -0.264. The van der Waals surface area contributed by atoms with Crippen LogP contribution in [0.2, 0.25) is 0 Å². The van der Waals surface area contributed by atoms with Crippen LogP contribution in [0.15, 0.2) is 30.3 Å². The molecule has 0 amide bonds. The van der Waals surface area contributed by atoms with Crippen LogP contribution < -0.4 is 0 Å². The summed E-state index contributed by atoms with van der Waals surface area (Å²) in [5.41, 5.74) is 1.71. The third-order valence-corrected chi connectivity index (χ3v) is 2.45. The Morgan fingerprint density at radius 3 is 2.31 bits per heavy atom. The van der Waals surface area contributed by atoms with Crippen LogP contribution in [-0.4, -0.2) is 18.0 Å². The van der Waals surface area contributed by atoms with Gasteiger partial charge in [0, 0.05) is 19.2 Å². The van der Waals surface area contributed by atoms with E-state index in [-0.39, 0.29) is 5.82 Å². The summed E-state index contributed by atoms with van der Waals surface area (Å²) in [5.74, 6) is -0.264. The van der Waals surface area contributed by atoms with Gasteiger partial charge in [-0.3, -0.25) is 0 Å². The monoisotopic (exact) mass is 218 g/mol. The lowest BCUT2D eigenvalue weighted by molar-refractivity contribution is 0.442. The van der Waals surface area contributed by atoms with E-state index in [1.54, 1.807) is 12.1 Å². The van der Waals surface area contributed by atoms with E-state index in [9.17, 15) is 4.39 Å². The molecule has 0 heterocycles. The number of hydrogen-bond acceptors (Lipinski definition) is 2. The molecule has 0 unspecified atom stereocenters. The topological polar surface area (TPSA) is 27.0 Å². The molecule has 16 heavy (non-hydrogen) atoms. The molecule has 3 heteroatoms. The van der Waals surface area contributed by atoms with Crippen LogP contribution in [0.5, 0.6) is 0 Å². The maximum absolute atomic E-state index is 12.8. The van der Waals surface area contributed by atoms with E-state index in [1.165, 1.54) is 18.2 Å². The minimum absolute atomic E-state index is 0.264. The number of rotatable bonds is 4. The van der Waals surface area contributed by atoms with Crippen molar-refractivity contribution in [2.45, 2.75) is 13.8 Å². The predicted octanol–water partition coefficient (Wildman–Crippen LogP) is 3.03. The van der Waals surface area contributed by atoms with Gasteiger partial charge in [-0.15, -0.1) is 0 Å². The Morgan fingerprint density at radius 1 is 1.31 bits per heavy atom. The molecule has 1 aromatic carbocycles. The smallest absolute Gasteiger partial charge is 0.123 e. The molecule has 0 aliphatic carbocycles. The quantitative estimate of drug-likeness (QED) is 0.726. The Bertz CT molecular complexity index is 397. The number of nitrogens with zero attached hydrogens (tertiary/aromatic N) is 2. The van der Waals surface area contributed by atoms with E-state index in [0.717, 1.165) is 24.4 Å². The van der Waals surface area contributed by atoms with Crippen LogP contribution >= 0.6 is 0 Å². The maximum atomic E-state index is 12.8. The summed E-state index contributed by atoms with van der Waals surface area (Å²) < 4.78 is 12.8. The van der Waals surface area contributed by atoms with Crippen LogP contribution in [0.4, 0.5) is 4.39 Å². The molecular formula is C13H15FN2. The summed E-state index contributed by atoms with van der Waals surface area (Å²) in [4.78, 5) is 2.07. The van der Waals surface area contributed by atoms with Gasteiger partial charge in [0.1, 0.15) is 5.82 Å². The highest BCUT2D eigenvalue weighted by atomic mass is 19.1. The molecule has 0 fully saturated rings. The van der Waals surface area contributed by atoms with E-state index in [1.807, 2.05) is 19.9 Å². The van der Waals surface area contributed by atoms with Crippen molar-refractivity contribution >= 4 is 5.70 Å². The molecule has 1 rings (SSSR count). The van der Waals surface area contributed by atoms with Crippen molar-refractivity contribution in [3.63, 3.8) is 0 Å². The fraction of sp³-hybridized carbons (Fsp3) is 0.308. The average Bonchev–Trinajstić information content (AvgIpc) is 2.31. The minimum Gasteiger partial charge on any atom is -0.371 e. The fourth-order valence-electron chi connectivity index (χ4n) is 1.60. The lowest BCUT2D eigenvalue weighted by atomic mass is 10.1. The fourth-order valence-corrected chi connectivity index (χ4v) is 1.60. The lowest BCUT2D eigenvalue weighted by Crippen LogP contribution is -2.21. The van der Waals surface area contributed by atoms with Crippen molar-refractivity contribution in [1.82, 2.24) is 4.90 Å². The molecule has 0 aliphatic rings. The van der Waals surface area contributed by atoms with E-state index in [4.69, 9.17) is 5.26 Å². The van der Waals surface area contributed by atoms with Gasteiger partial charge in [0.2, 0.25) is 0 Å². The van der Waals surface area contributed by atoms with E-state index >= 15 is 0 Å². The van der Waals surface area contributed by atoms with Crippen LogP contribution in [0.3, 0.4) is 0 Å². The largest absolute Gasteiger partial charge is 0.371 e. The lowest BCUT2D eigenvalue weighted by Gasteiger charge is -2.23. The molecule has 0 aliphatic heterocycles. The molecule has 0 saturated heterocycles. The van der Waals surface area contributed by atoms with Gasteiger partial charge in [-0.05, 0) is 43.7 Å². The highest BCUT2D eigenvalue weighted by Gasteiger charge is 2.08. The van der Waals surface area contributed by atoms with E-state index in [0.29, 0.717) is 0 Å². The Balaban J connectivity index is 3.08. The number of nitriles is 1. The molecule has 0 atom stereocenters. The molecule has 2 nitrogen and oxygen atoms in total. The van der Waals surface area contributed by atoms with Gasteiger partial charge in [-0.2, -0.15) is 5.26 Å². The van der Waals surface area contributed by atoms with Crippen LogP contribution in [0, 0.1) is 17.1 Å². The Kier molecular flexibility index (Phi) is 4.53. The summed E-state index contributed by atoms with van der Waals surface area (Å²) in [5, 5.41) is 8.77. The van der Waals surface area contributed by atoms with Gasteiger partial charge in [0.05, 0.1) is 11.8 Å². The molecule has 0 spiro atoms. The third-order valence-electron chi connectivity index (χ3n) is 2.45. The van der Waals surface area contributed by atoms with Crippen LogP contribution in [0.25, 0.3) is 5.70 Å². The van der Waals surface area contributed by atoms with Gasteiger partial charge in [-0.25, -0.2) is 4.39 Å². The molecule has 0 N–H and O–H groups in total. The van der Waals surface area contributed by atoms with Crippen molar-refractivity contribution in [1.29, 1.82) is 5.26 Å². The highest BCUT2D eigenvalue weighted by Crippen LogP contribution is 2.18. The Labute approximate surface area is 95.6 Å². The number of benzene rings is 1. The zero-order chi connectivity index (χ0) is 12.0. The van der Waals surface area contributed by atoms with E-state index < -0.39 is 0 Å². The maximum Gasteiger partial charge on any atom is 0.123 e. The number of halogens is 1. The first-order valence-corrected chi connectivity index (χ1v) is 5.33. The number of hydrogen-bond donors (Lipinski definition) is 0. The molecule has 0 radical (unpaired) electrons. The first-order valence-electron chi connectivity index (χ1n) is 5.33. The summed E-state index contributed by atoms with van der Waals surface area (Å²) in [6.07, 6.45) is 1.50. The van der Waals surface area contributed by atoms with Crippen molar-refractivity contribution in [3.05, 3.63) is 41.7 Å². The summed E-state index contributed by atoms with van der Waals surface area (Å²) in [6, 6.07) is 8.23. The molecule has 84 valence electrons. The SMILES string of the molecule is CCN(CC)C(=CC#N)c1ccc(F)cc1. The normalized spacial score (nSPS) is 11.0. The van der Waals surface area contributed by atoms with Gasteiger partial charge < -0.3 is 4.90 Å². The second-order valence-electron chi connectivity index (χ2n) is 3.34. The molecule has 0 aromatic heterocycles. The van der Waals surface area contributed by atoms with E-state index in [2.05, 4.69) is 4.90 Å². The van der Waals surface area contributed by atoms with Crippen molar-refractivity contribution in [3.8, 4) is 6.07 Å². The van der Waals surface area contributed by atoms with Crippen LogP contribution in [0.1, 0.15) is 19.4 Å². The van der Waals surface area contributed by atoms with Gasteiger partial charge in [-0.1, -0.05) is 0 Å².